The minimum absolute atomic E-state index is 0.154. The van der Waals surface area contributed by atoms with Gasteiger partial charge in [0.05, 0.1) is 6.10 Å². The number of hydrogen-bond donors (Lipinski definition) is 3. The van der Waals surface area contributed by atoms with Gasteiger partial charge in [0.15, 0.2) is 0 Å². The van der Waals surface area contributed by atoms with Crippen LogP contribution < -0.4 is 5.32 Å². The summed E-state index contributed by atoms with van der Waals surface area (Å²) in [6.45, 7) is 0.973. The molecule has 13 heavy (non-hydrogen) atoms. The fourth-order valence-electron chi connectivity index (χ4n) is 1.52. The summed E-state index contributed by atoms with van der Waals surface area (Å²) >= 11 is 0. The van der Waals surface area contributed by atoms with E-state index in [1.165, 1.54) is 0 Å². The molecule has 2 atom stereocenters. The molecule has 1 fully saturated rings. The van der Waals surface area contributed by atoms with E-state index in [4.69, 9.17) is 0 Å². The van der Waals surface area contributed by atoms with Gasteiger partial charge < -0.3 is 15.5 Å². The minimum atomic E-state index is -0.499. The maximum Gasteiger partial charge on any atom is 0.115 e. The maximum absolute atomic E-state index is 9.79. The van der Waals surface area contributed by atoms with Crippen molar-refractivity contribution in [2.75, 3.05) is 6.54 Å². The zero-order valence-electron chi connectivity index (χ0n) is 7.27. The second-order valence-corrected chi connectivity index (χ2v) is 3.39. The van der Waals surface area contributed by atoms with E-state index in [1.54, 1.807) is 18.2 Å². The van der Waals surface area contributed by atoms with E-state index in [2.05, 4.69) is 5.32 Å². The van der Waals surface area contributed by atoms with Crippen molar-refractivity contribution in [3.63, 3.8) is 0 Å². The molecule has 0 radical (unpaired) electrons. The summed E-state index contributed by atoms with van der Waals surface area (Å²) in [4.78, 5) is 0. The highest BCUT2D eigenvalue weighted by Crippen LogP contribution is 2.24. The Kier molecular flexibility index (Phi) is 2.20. The first-order valence-corrected chi connectivity index (χ1v) is 4.48. The lowest BCUT2D eigenvalue weighted by Gasteiger charge is -2.32. The van der Waals surface area contributed by atoms with Gasteiger partial charge in [-0.2, -0.15) is 0 Å². The van der Waals surface area contributed by atoms with Crippen molar-refractivity contribution in [3.05, 3.63) is 29.8 Å². The lowest BCUT2D eigenvalue weighted by molar-refractivity contribution is 0.0955. The standard InChI is InChI=1S/C10H13NO2/c12-8-3-1-2-7(6-8)10(13)9-4-5-11-9/h1-3,6,9-13H,4-5H2. The minimum Gasteiger partial charge on any atom is -0.508 e. The topological polar surface area (TPSA) is 52.5 Å². The van der Waals surface area contributed by atoms with E-state index >= 15 is 0 Å². The molecule has 70 valence electrons. The second kappa shape index (κ2) is 3.36. The van der Waals surface area contributed by atoms with Crippen LogP contribution in [0.1, 0.15) is 18.1 Å². The quantitative estimate of drug-likeness (QED) is 0.629. The Labute approximate surface area is 77.0 Å². The lowest BCUT2D eigenvalue weighted by Crippen LogP contribution is -2.46. The van der Waals surface area contributed by atoms with Crippen LogP contribution in [0.25, 0.3) is 0 Å². The summed E-state index contributed by atoms with van der Waals surface area (Å²) in [7, 11) is 0. The number of phenols is 1. The van der Waals surface area contributed by atoms with Crippen molar-refractivity contribution in [1.29, 1.82) is 0 Å². The molecule has 3 heteroatoms. The summed E-state index contributed by atoms with van der Waals surface area (Å²) in [5.41, 5.74) is 0.775. The fourth-order valence-corrected chi connectivity index (χ4v) is 1.52. The molecule has 1 aromatic rings. The second-order valence-electron chi connectivity index (χ2n) is 3.39. The van der Waals surface area contributed by atoms with Crippen molar-refractivity contribution in [2.45, 2.75) is 18.6 Å². The number of aliphatic hydroxyl groups is 1. The van der Waals surface area contributed by atoms with Crippen LogP contribution in [0.15, 0.2) is 24.3 Å². The third-order valence-corrected chi connectivity index (χ3v) is 2.45. The zero-order chi connectivity index (χ0) is 9.26. The summed E-state index contributed by atoms with van der Waals surface area (Å²) in [6.07, 6.45) is 0.498. The molecule has 2 unspecified atom stereocenters. The van der Waals surface area contributed by atoms with Crippen molar-refractivity contribution in [1.82, 2.24) is 5.32 Å². The summed E-state index contributed by atoms with van der Waals surface area (Å²) < 4.78 is 0. The van der Waals surface area contributed by atoms with Gasteiger partial charge in [0.1, 0.15) is 5.75 Å². The summed E-state index contributed by atoms with van der Waals surface area (Å²) in [5, 5.41) is 22.1. The highest BCUT2D eigenvalue weighted by molar-refractivity contribution is 5.29. The molecule has 0 amide bonds. The van der Waals surface area contributed by atoms with Gasteiger partial charge in [-0.25, -0.2) is 0 Å². The molecule has 0 bridgehead atoms. The molecule has 3 nitrogen and oxygen atoms in total. The molecular formula is C10H13NO2. The van der Waals surface area contributed by atoms with Gasteiger partial charge in [-0.3, -0.25) is 0 Å². The van der Waals surface area contributed by atoms with Crippen LogP contribution in [0.5, 0.6) is 5.75 Å². The van der Waals surface area contributed by atoms with Gasteiger partial charge in [-0.15, -0.1) is 0 Å². The van der Waals surface area contributed by atoms with Gasteiger partial charge in [0, 0.05) is 6.04 Å². The molecule has 3 N–H and O–H groups in total. The highest BCUT2D eigenvalue weighted by Gasteiger charge is 2.25. The first kappa shape index (κ1) is 8.53. The molecule has 1 aliphatic rings. The SMILES string of the molecule is Oc1cccc(C(O)C2CCN2)c1. The zero-order valence-corrected chi connectivity index (χ0v) is 7.27. The van der Waals surface area contributed by atoms with Crippen LogP contribution in [0.4, 0.5) is 0 Å². The number of nitrogens with one attached hydrogen (secondary N) is 1. The van der Waals surface area contributed by atoms with Gasteiger partial charge in [-0.05, 0) is 30.7 Å². The van der Waals surface area contributed by atoms with Crippen LogP contribution in [0, 0.1) is 0 Å². The Bertz CT molecular complexity index is 297. The fraction of sp³-hybridized carbons (Fsp3) is 0.400. The van der Waals surface area contributed by atoms with E-state index in [1.807, 2.05) is 6.07 Å². The number of phenolic OH excluding ortho intramolecular Hbond substituents is 1. The molecule has 2 rings (SSSR count). The van der Waals surface area contributed by atoms with E-state index < -0.39 is 6.10 Å². The smallest absolute Gasteiger partial charge is 0.115 e. The molecule has 0 spiro atoms. The van der Waals surface area contributed by atoms with Crippen LogP contribution in [0.2, 0.25) is 0 Å². The molecule has 0 aromatic heterocycles. The first-order chi connectivity index (χ1) is 6.27. The lowest BCUT2D eigenvalue weighted by atomic mass is 9.95. The van der Waals surface area contributed by atoms with E-state index in [0.717, 1.165) is 18.5 Å². The Balaban J connectivity index is 2.14. The number of rotatable bonds is 2. The van der Waals surface area contributed by atoms with Crippen molar-refractivity contribution >= 4 is 0 Å². The van der Waals surface area contributed by atoms with Gasteiger partial charge >= 0.3 is 0 Å². The largest absolute Gasteiger partial charge is 0.508 e. The normalized spacial score (nSPS) is 23.6. The molecule has 0 saturated carbocycles. The Morgan fingerprint density at radius 2 is 2.23 bits per heavy atom. The predicted molar refractivity (Wildman–Crippen MR) is 49.5 cm³/mol. The number of aliphatic hydroxyl groups excluding tert-OH is 1. The van der Waals surface area contributed by atoms with Gasteiger partial charge in [0.25, 0.3) is 0 Å². The van der Waals surface area contributed by atoms with E-state index in [-0.39, 0.29) is 11.8 Å². The molecule has 1 saturated heterocycles. The molecule has 1 aromatic carbocycles. The third kappa shape index (κ3) is 1.66. The third-order valence-electron chi connectivity index (χ3n) is 2.45. The summed E-state index contributed by atoms with van der Waals surface area (Å²) in [6, 6.07) is 6.92. The van der Waals surface area contributed by atoms with Crippen LogP contribution in [0.3, 0.4) is 0 Å². The number of aromatic hydroxyl groups is 1. The predicted octanol–water partition coefficient (Wildman–Crippen LogP) is 0.787. The van der Waals surface area contributed by atoms with Crippen molar-refractivity contribution in [2.24, 2.45) is 0 Å². The first-order valence-electron chi connectivity index (χ1n) is 4.48. The molecule has 1 heterocycles. The van der Waals surface area contributed by atoms with Crippen LogP contribution in [-0.4, -0.2) is 22.8 Å². The van der Waals surface area contributed by atoms with Crippen LogP contribution >= 0.6 is 0 Å². The monoisotopic (exact) mass is 179 g/mol. The highest BCUT2D eigenvalue weighted by atomic mass is 16.3. The molecule has 1 aliphatic heterocycles. The maximum atomic E-state index is 9.79. The van der Waals surface area contributed by atoms with Crippen molar-refractivity contribution < 1.29 is 10.2 Å². The number of hydrogen-bond acceptors (Lipinski definition) is 3. The Morgan fingerprint density at radius 3 is 2.77 bits per heavy atom. The van der Waals surface area contributed by atoms with Gasteiger partial charge in [0.2, 0.25) is 0 Å². The van der Waals surface area contributed by atoms with Gasteiger partial charge in [-0.1, -0.05) is 12.1 Å². The average Bonchev–Trinajstić information content (AvgIpc) is 2.01. The number of benzene rings is 1. The van der Waals surface area contributed by atoms with E-state index in [9.17, 15) is 10.2 Å². The Morgan fingerprint density at radius 1 is 1.46 bits per heavy atom. The summed E-state index contributed by atoms with van der Waals surface area (Å²) in [5.74, 6) is 0.205. The van der Waals surface area contributed by atoms with Crippen LogP contribution in [-0.2, 0) is 0 Å². The average molecular weight is 179 g/mol. The Hall–Kier alpha value is -1.06. The molecule has 0 aliphatic carbocycles. The van der Waals surface area contributed by atoms with E-state index in [0.29, 0.717) is 0 Å². The van der Waals surface area contributed by atoms with Crippen molar-refractivity contribution in [3.8, 4) is 5.75 Å². The molecular weight excluding hydrogens is 166 g/mol.